The van der Waals surface area contributed by atoms with Crippen molar-refractivity contribution in [2.75, 3.05) is 9.80 Å². The topological polar surface area (TPSA) is 6.48 Å². The predicted octanol–water partition coefficient (Wildman–Crippen LogP) is 15.5. The van der Waals surface area contributed by atoms with Crippen LogP contribution in [0.5, 0.6) is 0 Å². The molecule has 0 bridgehead atoms. The van der Waals surface area contributed by atoms with E-state index in [0.717, 1.165) is 42.7 Å². The normalized spacial score (nSPS) is 12.0. The lowest BCUT2D eigenvalue weighted by Crippen LogP contribution is -2.43. The molecule has 8 aromatic rings. The lowest BCUT2D eigenvalue weighted by Gasteiger charge is -2.46. The van der Waals surface area contributed by atoms with Crippen LogP contribution >= 0.6 is 0 Å². The number of hydrogen-bond donors (Lipinski definition) is 0. The molecule has 0 amide bonds. The van der Waals surface area contributed by atoms with Gasteiger partial charge < -0.3 is 9.80 Å². The molecule has 274 valence electrons. The average molecular weight is 717 g/mol. The van der Waals surface area contributed by atoms with Crippen LogP contribution in [0, 0.1) is 0 Å². The van der Waals surface area contributed by atoms with E-state index in [1.54, 1.807) is 0 Å². The minimum absolute atomic E-state index is 0.172. The molecule has 0 radical (unpaired) electrons. The van der Waals surface area contributed by atoms with Crippen molar-refractivity contribution >= 4 is 60.8 Å². The zero-order valence-electron chi connectivity index (χ0n) is 33.0. The van der Waals surface area contributed by atoms with Gasteiger partial charge in [0.2, 0.25) is 0 Å². The average Bonchev–Trinajstić information content (AvgIpc) is 3.26. The van der Waals surface area contributed by atoms with Gasteiger partial charge in [0.15, 0.2) is 0 Å². The maximum Gasteiger partial charge on any atom is 0.0697 e. The van der Waals surface area contributed by atoms with Gasteiger partial charge in [-0.2, -0.15) is 0 Å². The van der Waals surface area contributed by atoms with Crippen LogP contribution in [0.15, 0.2) is 176 Å². The predicted molar refractivity (Wildman–Crippen MR) is 239 cm³/mol. The Hall–Kier alpha value is -5.86. The van der Waals surface area contributed by atoms with E-state index < -0.39 is 0 Å². The molecule has 0 fully saturated rings. The molecule has 0 saturated heterocycles. The number of rotatable bonds is 12. The van der Waals surface area contributed by atoms with Crippen molar-refractivity contribution in [3.63, 3.8) is 0 Å². The van der Waals surface area contributed by atoms with E-state index in [1.165, 1.54) is 54.8 Å². The first kappa shape index (κ1) is 36.1. The summed E-state index contributed by atoms with van der Waals surface area (Å²) >= 11 is 0. The van der Waals surface area contributed by atoms with Gasteiger partial charge in [0.05, 0.1) is 11.2 Å². The Bertz CT molecular complexity index is 2550. The second-order valence-corrected chi connectivity index (χ2v) is 15.3. The summed E-state index contributed by atoms with van der Waals surface area (Å²) in [5.41, 5.74) is 8.48. The molecule has 2 heteroatoms. The third-order valence-electron chi connectivity index (χ3n) is 12.7. The molecule has 0 aromatic heterocycles. The van der Waals surface area contributed by atoms with Crippen molar-refractivity contribution in [2.24, 2.45) is 0 Å². The maximum absolute atomic E-state index is 2.64. The summed E-state index contributed by atoms with van der Waals surface area (Å²) in [5, 5.41) is 7.42. The van der Waals surface area contributed by atoms with E-state index in [2.05, 4.69) is 220 Å². The largest absolute Gasteiger partial charge is 0.331 e. The Morgan fingerprint density at radius 1 is 0.382 bits per heavy atom. The van der Waals surface area contributed by atoms with Crippen molar-refractivity contribution < 1.29 is 0 Å². The first-order valence-corrected chi connectivity index (χ1v) is 20.2. The molecule has 0 unspecified atom stereocenters. The minimum Gasteiger partial charge on any atom is -0.331 e. The molecule has 2 nitrogen and oxygen atoms in total. The van der Waals surface area contributed by atoms with Crippen LogP contribution in [0.2, 0.25) is 0 Å². The summed E-state index contributed by atoms with van der Waals surface area (Å²) in [7, 11) is 0. The molecule has 8 rings (SSSR count). The van der Waals surface area contributed by atoms with Crippen molar-refractivity contribution in [2.45, 2.75) is 71.3 Å². The van der Waals surface area contributed by atoms with Gasteiger partial charge in [-0.05, 0) is 112 Å². The smallest absolute Gasteiger partial charge is 0.0697 e. The monoisotopic (exact) mass is 716 g/mol. The molecular weight excluding hydrogens is 665 g/mol. The van der Waals surface area contributed by atoms with Gasteiger partial charge >= 0.3 is 0 Å². The molecule has 0 aliphatic rings. The summed E-state index contributed by atoms with van der Waals surface area (Å²) in [6.45, 7) is 11.7. The van der Waals surface area contributed by atoms with Gasteiger partial charge in [-0.1, -0.05) is 162 Å². The number of benzene rings is 8. The van der Waals surface area contributed by atoms with Crippen LogP contribution in [-0.4, -0.2) is 0 Å². The second-order valence-electron chi connectivity index (χ2n) is 15.3. The molecule has 0 saturated carbocycles. The first-order chi connectivity index (χ1) is 26.9. The van der Waals surface area contributed by atoms with Crippen LogP contribution in [0.3, 0.4) is 0 Å². The number of nitrogens with zero attached hydrogens (tertiary/aromatic N) is 2. The van der Waals surface area contributed by atoms with E-state index in [4.69, 9.17) is 0 Å². The zero-order chi connectivity index (χ0) is 38.0. The van der Waals surface area contributed by atoms with E-state index in [-0.39, 0.29) is 11.0 Å². The van der Waals surface area contributed by atoms with Gasteiger partial charge in [-0.3, -0.25) is 0 Å². The molecule has 0 N–H and O–H groups in total. The fourth-order valence-corrected chi connectivity index (χ4v) is 8.86. The highest BCUT2D eigenvalue weighted by molar-refractivity contribution is 6.01. The van der Waals surface area contributed by atoms with E-state index in [9.17, 15) is 0 Å². The highest BCUT2D eigenvalue weighted by Crippen LogP contribution is 2.48. The van der Waals surface area contributed by atoms with Crippen LogP contribution in [0.4, 0.5) is 28.4 Å². The van der Waals surface area contributed by atoms with Gasteiger partial charge in [0.1, 0.15) is 0 Å². The molecule has 0 atom stereocenters. The molecule has 0 spiro atoms. The summed E-state index contributed by atoms with van der Waals surface area (Å²) < 4.78 is 0. The minimum atomic E-state index is -0.285. The summed E-state index contributed by atoms with van der Waals surface area (Å²) in [4.78, 5) is 5.07. The van der Waals surface area contributed by atoms with Crippen molar-refractivity contribution in [3.8, 4) is 0 Å². The Morgan fingerprint density at radius 3 is 1.45 bits per heavy atom. The quantitative estimate of drug-likeness (QED) is 0.124. The highest BCUT2D eigenvalue weighted by atomic mass is 15.2. The van der Waals surface area contributed by atoms with Crippen molar-refractivity contribution in [3.05, 3.63) is 187 Å². The number of fused-ring (bicyclic) bond motifs is 3. The van der Waals surface area contributed by atoms with Crippen molar-refractivity contribution in [1.82, 2.24) is 0 Å². The van der Waals surface area contributed by atoms with Gasteiger partial charge in [-0.25, -0.2) is 0 Å². The van der Waals surface area contributed by atoms with Crippen LogP contribution < -0.4 is 9.80 Å². The Kier molecular flexibility index (Phi) is 9.93. The maximum atomic E-state index is 2.64. The third kappa shape index (κ3) is 6.44. The first-order valence-electron chi connectivity index (χ1n) is 20.2. The highest BCUT2D eigenvalue weighted by Gasteiger charge is 2.38. The molecule has 0 heterocycles. The Balaban J connectivity index is 1.31. The molecule has 55 heavy (non-hydrogen) atoms. The SMILES string of the molecule is CCC(C)(CC)c1ccc(C(CC)(CC)N(c2ccc(N(c3ccc4ccccc4c3)c3cccc4ccccc34)cc2)c2cccc3ccccc23)cc1. The summed E-state index contributed by atoms with van der Waals surface area (Å²) in [6, 6.07) is 65.3. The van der Waals surface area contributed by atoms with E-state index >= 15 is 0 Å². The number of anilines is 5. The second kappa shape index (κ2) is 15.1. The fraction of sp³-hybridized carbons (Fsp3) is 0.208. The molecule has 0 aliphatic carbocycles. The van der Waals surface area contributed by atoms with Crippen molar-refractivity contribution in [1.29, 1.82) is 0 Å². The van der Waals surface area contributed by atoms with E-state index in [0.29, 0.717) is 0 Å². The Labute approximate surface area is 327 Å². The molecule has 0 aliphatic heterocycles. The van der Waals surface area contributed by atoms with E-state index in [1.807, 2.05) is 0 Å². The van der Waals surface area contributed by atoms with Gasteiger partial charge in [0.25, 0.3) is 0 Å². The summed E-state index contributed by atoms with van der Waals surface area (Å²) in [6.07, 6.45) is 4.15. The van der Waals surface area contributed by atoms with Gasteiger partial charge in [0, 0.05) is 33.5 Å². The van der Waals surface area contributed by atoms with Crippen LogP contribution in [0.1, 0.15) is 71.4 Å². The van der Waals surface area contributed by atoms with Crippen LogP contribution in [-0.2, 0) is 11.0 Å². The third-order valence-corrected chi connectivity index (χ3v) is 12.7. The standard InChI is InChI=1S/C53H52N2/c1-6-52(5,7-2)43-29-31-44(32-30-43)53(8-3,9-4)55(51-27-17-23-41-20-13-15-25-49(41)51)46-36-34-45(35-37-46)54(47-33-28-39-18-10-11-21-42(39)38-47)50-26-16-22-40-19-12-14-24-48(40)50/h10-38H,6-9H2,1-5H3. The summed E-state index contributed by atoms with van der Waals surface area (Å²) in [5.74, 6) is 0. The lowest BCUT2D eigenvalue weighted by atomic mass is 9.75. The van der Waals surface area contributed by atoms with Crippen LogP contribution in [0.25, 0.3) is 32.3 Å². The zero-order valence-corrected chi connectivity index (χ0v) is 33.0. The lowest BCUT2D eigenvalue weighted by molar-refractivity contribution is 0.402. The molecular formula is C53H52N2. The fourth-order valence-electron chi connectivity index (χ4n) is 8.86. The van der Waals surface area contributed by atoms with Gasteiger partial charge in [-0.15, -0.1) is 0 Å². The molecule has 8 aromatic carbocycles. The number of hydrogen-bond acceptors (Lipinski definition) is 2. The Morgan fingerprint density at radius 2 is 0.855 bits per heavy atom.